The molecule has 20 heavy (non-hydrogen) atoms. The highest BCUT2D eigenvalue weighted by atomic mass is 79.9. The molecule has 1 amide bonds. The zero-order valence-corrected chi connectivity index (χ0v) is 13.5. The minimum atomic E-state index is -0.119. The van der Waals surface area contributed by atoms with E-state index in [0.29, 0.717) is 11.3 Å². The van der Waals surface area contributed by atoms with E-state index in [2.05, 4.69) is 32.6 Å². The van der Waals surface area contributed by atoms with Crippen LogP contribution in [0.1, 0.15) is 15.2 Å². The normalized spacial score (nSPS) is 10.3. The van der Waals surface area contributed by atoms with E-state index in [4.69, 9.17) is 5.73 Å². The third-order valence-corrected chi connectivity index (χ3v) is 4.51. The average molecular weight is 354 g/mol. The van der Waals surface area contributed by atoms with Gasteiger partial charge in [0.15, 0.2) is 0 Å². The number of anilines is 2. The molecule has 0 fully saturated rings. The molecular weight excluding hydrogens is 338 g/mol. The van der Waals surface area contributed by atoms with Crippen LogP contribution < -0.4 is 16.4 Å². The lowest BCUT2D eigenvalue weighted by Gasteiger charge is -2.11. The summed E-state index contributed by atoms with van der Waals surface area (Å²) in [7, 11) is 1.62. The van der Waals surface area contributed by atoms with E-state index in [1.165, 1.54) is 4.88 Å². The molecule has 0 aliphatic carbocycles. The number of benzene rings is 1. The van der Waals surface area contributed by atoms with Gasteiger partial charge in [0, 0.05) is 29.8 Å². The maximum Gasteiger partial charge on any atom is 0.253 e. The number of carbonyl (C=O) groups excluding carboxylic acids is 1. The maximum absolute atomic E-state index is 11.8. The molecule has 0 saturated heterocycles. The van der Waals surface area contributed by atoms with Crippen molar-refractivity contribution in [1.82, 2.24) is 5.32 Å². The number of carbonyl (C=O) groups is 1. The largest absolute Gasteiger partial charge is 0.399 e. The van der Waals surface area contributed by atoms with E-state index < -0.39 is 0 Å². The predicted molar refractivity (Wildman–Crippen MR) is 88.5 cm³/mol. The van der Waals surface area contributed by atoms with Crippen LogP contribution in [-0.4, -0.2) is 19.5 Å². The second-order valence-electron chi connectivity index (χ2n) is 4.27. The number of thiophene rings is 1. The first-order valence-electron chi connectivity index (χ1n) is 6.20. The van der Waals surface area contributed by atoms with Gasteiger partial charge in [0.1, 0.15) is 0 Å². The summed E-state index contributed by atoms with van der Waals surface area (Å²) < 4.78 is 1.13. The number of halogens is 1. The molecule has 1 aromatic carbocycles. The summed E-state index contributed by atoms with van der Waals surface area (Å²) in [5.41, 5.74) is 7.79. The van der Waals surface area contributed by atoms with Gasteiger partial charge >= 0.3 is 0 Å². The Morgan fingerprint density at radius 2 is 2.15 bits per heavy atom. The van der Waals surface area contributed by atoms with Crippen LogP contribution in [-0.2, 0) is 6.42 Å². The molecule has 1 heterocycles. The van der Waals surface area contributed by atoms with Crippen LogP contribution in [0.2, 0.25) is 0 Å². The number of nitrogens with one attached hydrogen (secondary N) is 2. The molecule has 0 radical (unpaired) electrons. The van der Waals surface area contributed by atoms with Crippen LogP contribution in [0, 0.1) is 0 Å². The van der Waals surface area contributed by atoms with Crippen molar-refractivity contribution >= 4 is 44.5 Å². The SMILES string of the molecule is CNC(=O)c1ccc(N)cc1NCCc1ccc(Br)s1. The minimum absolute atomic E-state index is 0.119. The number of amides is 1. The summed E-state index contributed by atoms with van der Waals surface area (Å²) >= 11 is 5.16. The molecule has 4 N–H and O–H groups in total. The van der Waals surface area contributed by atoms with Gasteiger partial charge in [-0.15, -0.1) is 11.3 Å². The van der Waals surface area contributed by atoms with Crippen molar-refractivity contribution in [2.45, 2.75) is 6.42 Å². The molecule has 1 aromatic heterocycles. The lowest BCUT2D eigenvalue weighted by molar-refractivity contribution is 0.0964. The topological polar surface area (TPSA) is 67.2 Å². The summed E-state index contributed by atoms with van der Waals surface area (Å²) in [6.07, 6.45) is 0.901. The fourth-order valence-corrected chi connectivity index (χ4v) is 3.33. The molecule has 0 aliphatic rings. The van der Waals surface area contributed by atoms with E-state index in [1.807, 2.05) is 6.07 Å². The Balaban J connectivity index is 2.04. The Morgan fingerprint density at radius 3 is 2.80 bits per heavy atom. The quantitative estimate of drug-likeness (QED) is 0.723. The molecule has 4 nitrogen and oxygen atoms in total. The van der Waals surface area contributed by atoms with Crippen LogP contribution in [0.4, 0.5) is 11.4 Å². The minimum Gasteiger partial charge on any atom is -0.399 e. The van der Waals surface area contributed by atoms with E-state index >= 15 is 0 Å². The lowest BCUT2D eigenvalue weighted by atomic mass is 10.1. The van der Waals surface area contributed by atoms with Crippen molar-refractivity contribution in [2.24, 2.45) is 0 Å². The number of rotatable bonds is 5. The predicted octanol–water partition coefficient (Wildman–Crippen LogP) is 3.11. The summed E-state index contributed by atoms with van der Waals surface area (Å²) in [5, 5.41) is 5.91. The first-order chi connectivity index (χ1) is 9.60. The zero-order chi connectivity index (χ0) is 14.5. The molecule has 0 aliphatic heterocycles. The molecule has 0 spiro atoms. The molecular formula is C14H16BrN3OS. The van der Waals surface area contributed by atoms with Crippen molar-refractivity contribution < 1.29 is 4.79 Å². The highest BCUT2D eigenvalue weighted by Crippen LogP contribution is 2.23. The standard InChI is InChI=1S/C14H16BrN3OS/c1-17-14(19)11-4-2-9(16)8-12(11)18-7-6-10-3-5-13(15)20-10/h2-5,8,18H,6-7,16H2,1H3,(H,17,19). The first kappa shape index (κ1) is 14.9. The molecule has 0 atom stereocenters. The van der Waals surface area contributed by atoms with Gasteiger partial charge in [0.05, 0.1) is 9.35 Å². The fourth-order valence-electron chi connectivity index (χ4n) is 1.85. The zero-order valence-electron chi connectivity index (χ0n) is 11.1. The summed E-state index contributed by atoms with van der Waals surface area (Å²) in [6.45, 7) is 0.750. The monoisotopic (exact) mass is 353 g/mol. The molecule has 2 aromatic rings. The second-order valence-corrected chi connectivity index (χ2v) is 6.81. The fraction of sp³-hybridized carbons (Fsp3) is 0.214. The second kappa shape index (κ2) is 6.76. The molecule has 0 bridgehead atoms. The number of nitrogens with two attached hydrogens (primary N) is 1. The number of hydrogen-bond donors (Lipinski definition) is 3. The van der Waals surface area contributed by atoms with Crippen LogP contribution in [0.15, 0.2) is 34.1 Å². The lowest BCUT2D eigenvalue weighted by Crippen LogP contribution is -2.20. The molecule has 0 saturated carbocycles. The Hall–Kier alpha value is -1.53. The maximum atomic E-state index is 11.8. The van der Waals surface area contributed by atoms with Crippen molar-refractivity contribution in [3.63, 3.8) is 0 Å². The van der Waals surface area contributed by atoms with Crippen LogP contribution in [0.3, 0.4) is 0 Å². The Labute approximate surface area is 130 Å². The third kappa shape index (κ3) is 3.74. The van der Waals surface area contributed by atoms with Gasteiger partial charge in [-0.1, -0.05) is 0 Å². The molecule has 6 heteroatoms. The van der Waals surface area contributed by atoms with Gasteiger partial charge in [-0.05, 0) is 52.7 Å². The van der Waals surface area contributed by atoms with Crippen molar-refractivity contribution in [2.75, 3.05) is 24.6 Å². The third-order valence-electron chi connectivity index (χ3n) is 2.83. The Bertz CT molecular complexity index is 612. The first-order valence-corrected chi connectivity index (χ1v) is 7.81. The van der Waals surface area contributed by atoms with Crippen molar-refractivity contribution in [3.05, 3.63) is 44.6 Å². The molecule has 0 unspecified atom stereocenters. The molecule has 106 valence electrons. The van der Waals surface area contributed by atoms with Crippen molar-refractivity contribution in [1.29, 1.82) is 0 Å². The summed E-state index contributed by atoms with van der Waals surface area (Å²) in [6, 6.07) is 9.38. The van der Waals surface area contributed by atoms with Crippen LogP contribution in [0.5, 0.6) is 0 Å². The number of hydrogen-bond acceptors (Lipinski definition) is 4. The summed E-state index contributed by atoms with van der Waals surface area (Å²) in [4.78, 5) is 13.1. The van der Waals surface area contributed by atoms with E-state index in [-0.39, 0.29) is 5.91 Å². The van der Waals surface area contributed by atoms with E-state index in [1.54, 1.807) is 36.6 Å². The van der Waals surface area contributed by atoms with Gasteiger partial charge in [-0.2, -0.15) is 0 Å². The molecule has 2 rings (SSSR count). The number of nitrogen functional groups attached to an aromatic ring is 1. The Kier molecular flexibility index (Phi) is 5.03. The van der Waals surface area contributed by atoms with E-state index in [0.717, 1.165) is 22.4 Å². The van der Waals surface area contributed by atoms with Gasteiger partial charge in [-0.25, -0.2) is 0 Å². The van der Waals surface area contributed by atoms with Gasteiger partial charge < -0.3 is 16.4 Å². The van der Waals surface area contributed by atoms with Crippen LogP contribution >= 0.6 is 27.3 Å². The summed E-state index contributed by atoms with van der Waals surface area (Å²) in [5.74, 6) is -0.119. The highest BCUT2D eigenvalue weighted by Gasteiger charge is 2.10. The van der Waals surface area contributed by atoms with Gasteiger partial charge in [0.25, 0.3) is 5.91 Å². The smallest absolute Gasteiger partial charge is 0.253 e. The van der Waals surface area contributed by atoms with Gasteiger partial charge in [-0.3, -0.25) is 4.79 Å². The van der Waals surface area contributed by atoms with E-state index in [9.17, 15) is 4.79 Å². The Morgan fingerprint density at radius 1 is 1.35 bits per heavy atom. The highest BCUT2D eigenvalue weighted by molar-refractivity contribution is 9.11. The van der Waals surface area contributed by atoms with Gasteiger partial charge in [0.2, 0.25) is 0 Å². The van der Waals surface area contributed by atoms with Crippen molar-refractivity contribution in [3.8, 4) is 0 Å². The average Bonchev–Trinajstić information content (AvgIpc) is 2.84. The van der Waals surface area contributed by atoms with Crippen LogP contribution in [0.25, 0.3) is 0 Å².